The van der Waals surface area contributed by atoms with E-state index in [1.54, 1.807) is 0 Å². The maximum atomic E-state index is 11.3. The van der Waals surface area contributed by atoms with Crippen LogP contribution in [-0.4, -0.2) is 40.5 Å². The monoisotopic (exact) mass is 261 g/mol. The van der Waals surface area contributed by atoms with E-state index in [4.69, 9.17) is 10.2 Å². The summed E-state index contributed by atoms with van der Waals surface area (Å²) in [5.74, 6) is -1.50. The molecule has 0 saturated heterocycles. The van der Waals surface area contributed by atoms with Gasteiger partial charge in [-0.15, -0.1) is 23.1 Å². The fourth-order valence-corrected chi connectivity index (χ4v) is 2.50. The lowest BCUT2D eigenvalue weighted by molar-refractivity contribution is -0.142. The fourth-order valence-electron chi connectivity index (χ4n) is 0.904. The highest BCUT2D eigenvalue weighted by molar-refractivity contribution is 8.01. The van der Waals surface area contributed by atoms with Gasteiger partial charge in [0.1, 0.15) is 6.04 Å². The van der Waals surface area contributed by atoms with Crippen molar-refractivity contribution in [2.75, 3.05) is 12.4 Å². The summed E-state index contributed by atoms with van der Waals surface area (Å²) in [5.41, 5.74) is 0. The van der Waals surface area contributed by atoms with Crippen LogP contribution in [0.15, 0.2) is 21.7 Å². The van der Waals surface area contributed by atoms with Gasteiger partial charge in [-0.05, 0) is 11.4 Å². The van der Waals surface area contributed by atoms with Gasteiger partial charge in [-0.1, -0.05) is 6.07 Å². The van der Waals surface area contributed by atoms with Gasteiger partial charge in [0.2, 0.25) is 5.91 Å². The second kappa shape index (κ2) is 6.51. The van der Waals surface area contributed by atoms with E-state index in [1.165, 1.54) is 23.1 Å². The number of thioether (sulfide) groups is 1. The van der Waals surface area contributed by atoms with Gasteiger partial charge in [0.25, 0.3) is 0 Å². The molecule has 1 rings (SSSR count). The largest absolute Gasteiger partial charge is 0.480 e. The van der Waals surface area contributed by atoms with Crippen molar-refractivity contribution in [2.24, 2.45) is 0 Å². The number of hydrogen-bond acceptors (Lipinski definition) is 5. The van der Waals surface area contributed by atoms with E-state index < -0.39 is 24.5 Å². The zero-order valence-electron chi connectivity index (χ0n) is 8.25. The third kappa shape index (κ3) is 4.21. The second-order valence-electron chi connectivity index (χ2n) is 2.86. The number of nitrogens with one attached hydrogen (secondary N) is 1. The average Bonchev–Trinajstić information content (AvgIpc) is 2.75. The van der Waals surface area contributed by atoms with E-state index >= 15 is 0 Å². The summed E-state index contributed by atoms with van der Waals surface area (Å²) in [7, 11) is 0. The molecule has 1 aromatic rings. The van der Waals surface area contributed by atoms with Crippen LogP contribution in [0.4, 0.5) is 0 Å². The van der Waals surface area contributed by atoms with Crippen LogP contribution in [0.1, 0.15) is 0 Å². The van der Waals surface area contributed by atoms with E-state index in [2.05, 4.69) is 5.32 Å². The molecule has 0 aliphatic carbocycles. The molecule has 1 amide bonds. The molecule has 0 saturated carbocycles. The van der Waals surface area contributed by atoms with E-state index in [0.717, 1.165) is 4.21 Å². The Balaban J connectivity index is 2.33. The zero-order chi connectivity index (χ0) is 12.0. The Bertz CT molecular complexity index is 352. The minimum atomic E-state index is -1.24. The Labute approximate surface area is 100 Å². The van der Waals surface area contributed by atoms with Crippen molar-refractivity contribution in [1.29, 1.82) is 0 Å². The van der Waals surface area contributed by atoms with Crippen LogP contribution in [0.3, 0.4) is 0 Å². The number of carboxylic acid groups (broad SMARTS) is 1. The molecule has 0 aliphatic heterocycles. The number of aliphatic carboxylic acids is 1. The van der Waals surface area contributed by atoms with Crippen LogP contribution in [0.2, 0.25) is 0 Å². The lowest BCUT2D eigenvalue weighted by Crippen LogP contribution is -2.44. The van der Waals surface area contributed by atoms with Gasteiger partial charge < -0.3 is 15.5 Å². The van der Waals surface area contributed by atoms with Gasteiger partial charge in [0.15, 0.2) is 0 Å². The van der Waals surface area contributed by atoms with Crippen LogP contribution in [0.25, 0.3) is 0 Å². The molecule has 1 aromatic heterocycles. The van der Waals surface area contributed by atoms with Crippen LogP contribution in [0.5, 0.6) is 0 Å². The van der Waals surface area contributed by atoms with Crippen LogP contribution in [0, 0.1) is 0 Å². The highest BCUT2D eigenvalue weighted by Crippen LogP contribution is 2.22. The van der Waals surface area contributed by atoms with Crippen molar-refractivity contribution in [1.82, 2.24) is 5.32 Å². The molecule has 0 unspecified atom stereocenters. The number of rotatable bonds is 6. The first kappa shape index (κ1) is 13.0. The molecular formula is C9H11NO4S2. The van der Waals surface area contributed by atoms with Crippen LogP contribution < -0.4 is 5.32 Å². The maximum Gasteiger partial charge on any atom is 0.328 e. The SMILES string of the molecule is O=C(CSc1cccs1)N[C@H](CO)C(=O)O. The summed E-state index contributed by atoms with van der Waals surface area (Å²) in [5, 5.41) is 21.4. The van der Waals surface area contributed by atoms with E-state index in [0.29, 0.717) is 0 Å². The molecule has 5 nitrogen and oxygen atoms in total. The van der Waals surface area contributed by atoms with Gasteiger partial charge in [0, 0.05) is 0 Å². The molecule has 88 valence electrons. The molecular weight excluding hydrogens is 250 g/mol. The summed E-state index contributed by atoms with van der Waals surface area (Å²) in [6, 6.07) is 2.53. The summed E-state index contributed by atoms with van der Waals surface area (Å²) < 4.78 is 0.992. The van der Waals surface area contributed by atoms with E-state index in [-0.39, 0.29) is 5.75 Å². The van der Waals surface area contributed by atoms with Crippen LogP contribution in [-0.2, 0) is 9.59 Å². The average molecular weight is 261 g/mol. The number of amides is 1. The number of hydrogen-bond donors (Lipinski definition) is 3. The quantitative estimate of drug-likeness (QED) is 0.645. The highest BCUT2D eigenvalue weighted by Gasteiger charge is 2.18. The Morgan fingerprint density at radius 2 is 2.31 bits per heavy atom. The maximum absolute atomic E-state index is 11.3. The molecule has 16 heavy (non-hydrogen) atoms. The number of aliphatic hydroxyl groups is 1. The van der Waals surface area contributed by atoms with E-state index in [1.807, 2.05) is 17.5 Å². The van der Waals surface area contributed by atoms with Gasteiger partial charge in [-0.25, -0.2) is 4.79 Å². The van der Waals surface area contributed by atoms with Gasteiger partial charge in [-0.2, -0.15) is 0 Å². The molecule has 0 bridgehead atoms. The molecule has 1 atom stereocenters. The normalized spacial score (nSPS) is 12.1. The van der Waals surface area contributed by atoms with Crippen molar-refractivity contribution in [3.63, 3.8) is 0 Å². The molecule has 3 N–H and O–H groups in total. The summed E-state index contributed by atoms with van der Waals surface area (Å²) in [6.07, 6.45) is 0. The summed E-state index contributed by atoms with van der Waals surface area (Å²) >= 11 is 2.84. The third-order valence-corrected chi connectivity index (χ3v) is 3.79. The third-order valence-electron chi connectivity index (χ3n) is 1.66. The lowest BCUT2D eigenvalue weighted by atomic mass is 10.3. The minimum Gasteiger partial charge on any atom is -0.480 e. The fraction of sp³-hybridized carbons (Fsp3) is 0.333. The Morgan fingerprint density at radius 3 is 2.81 bits per heavy atom. The first-order valence-corrected chi connectivity index (χ1v) is 6.29. The number of thiophene rings is 1. The smallest absolute Gasteiger partial charge is 0.328 e. The van der Waals surface area contributed by atoms with Gasteiger partial charge in [0.05, 0.1) is 16.6 Å². The first-order chi connectivity index (χ1) is 7.63. The molecule has 0 aromatic carbocycles. The topological polar surface area (TPSA) is 86.6 Å². The Morgan fingerprint density at radius 1 is 1.56 bits per heavy atom. The minimum absolute atomic E-state index is 0.143. The summed E-state index contributed by atoms with van der Waals surface area (Å²) in [4.78, 5) is 21.8. The molecule has 0 aliphatic rings. The molecule has 0 spiro atoms. The standard InChI is InChI=1S/C9H11NO4S2/c11-4-6(9(13)14)10-7(12)5-16-8-2-1-3-15-8/h1-3,6,11H,4-5H2,(H,10,12)(H,13,14)/t6-/m1/s1. The van der Waals surface area contributed by atoms with Gasteiger partial charge >= 0.3 is 5.97 Å². The number of carbonyl (C=O) groups is 2. The predicted octanol–water partition coefficient (Wildman–Crippen LogP) is 0.402. The van der Waals surface area contributed by atoms with Crippen molar-refractivity contribution in [3.8, 4) is 0 Å². The Hall–Kier alpha value is -1.05. The second-order valence-corrected chi connectivity index (χ2v) is 5.08. The van der Waals surface area contributed by atoms with Crippen LogP contribution >= 0.6 is 23.1 Å². The van der Waals surface area contributed by atoms with Crippen molar-refractivity contribution in [2.45, 2.75) is 10.3 Å². The number of aliphatic hydroxyl groups excluding tert-OH is 1. The van der Waals surface area contributed by atoms with E-state index in [9.17, 15) is 9.59 Å². The molecule has 0 radical (unpaired) electrons. The van der Waals surface area contributed by atoms with Gasteiger partial charge in [-0.3, -0.25) is 4.79 Å². The molecule has 0 fully saturated rings. The number of carboxylic acids is 1. The lowest BCUT2D eigenvalue weighted by Gasteiger charge is -2.10. The number of carbonyl (C=O) groups excluding carboxylic acids is 1. The van der Waals surface area contributed by atoms with Crippen molar-refractivity contribution >= 4 is 35.0 Å². The Kier molecular flexibility index (Phi) is 5.30. The van der Waals surface area contributed by atoms with Crippen molar-refractivity contribution < 1.29 is 19.8 Å². The molecule has 7 heteroatoms. The summed E-state index contributed by atoms with van der Waals surface area (Å²) in [6.45, 7) is -0.606. The predicted molar refractivity (Wildman–Crippen MR) is 61.7 cm³/mol. The van der Waals surface area contributed by atoms with Crippen molar-refractivity contribution in [3.05, 3.63) is 17.5 Å². The molecule has 1 heterocycles. The first-order valence-electron chi connectivity index (χ1n) is 4.43. The highest BCUT2D eigenvalue weighted by atomic mass is 32.2. The zero-order valence-corrected chi connectivity index (χ0v) is 9.88.